The summed E-state index contributed by atoms with van der Waals surface area (Å²) in [5.41, 5.74) is 4.55. The van der Waals surface area contributed by atoms with Crippen molar-refractivity contribution < 1.29 is 4.79 Å². The lowest BCUT2D eigenvalue weighted by Crippen LogP contribution is -2.28. The average molecular weight is 446 g/mol. The van der Waals surface area contributed by atoms with Crippen molar-refractivity contribution in [2.45, 2.75) is 46.1 Å². The van der Waals surface area contributed by atoms with Crippen molar-refractivity contribution in [3.63, 3.8) is 0 Å². The summed E-state index contributed by atoms with van der Waals surface area (Å²) in [7, 11) is 0. The second-order valence-electron chi connectivity index (χ2n) is 8.54. The molecule has 164 valence electrons. The molecule has 1 amide bonds. The van der Waals surface area contributed by atoms with E-state index in [0.29, 0.717) is 10.2 Å². The standard InChI is InChI=1S/C26H27N3O2S/c1-16(2)19-11-8-12-20(17(3)4)24(19)28-23(30)14-29-15-27-21-13-22(32-25(21)26(29)31)18-9-6-5-7-10-18/h5-13,15-17H,14H2,1-4H3,(H,28,30). The summed E-state index contributed by atoms with van der Waals surface area (Å²) >= 11 is 1.41. The SMILES string of the molecule is CC(C)c1cccc(C(C)C)c1NC(=O)Cn1cnc2cc(-c3ccccc3)sc2c1=O. The van der Waals surface area contributed by atoms with Crippen LogP contribution in [0.5, 0.6) is 0 Å². The number of carbonyl (C=O) groups excluding carboxylic acids is 1. The Morgan fingerprint density at radius 1 is 1.00 bits per heavy atom. The van der Waals surface area contributed by atoms with Crippen molar-refractivity contribution >= 4 is 33.1 Å². The van der Waals surface area contributed by atoms with Gasteiger partial charge >= 0.3 is 0 Å². The van der Waals surface area contributed by atoms with Gasteiger partial charge in [0.05, 0.1) is 11.8 Å². The topological polar surface area (TPSA) is 64.0 Å². The second kappa shape index (κ2) is 9.09. The Kier molecular flexibility index (Phi) is 6.24. The van der Waals surface area contributed by atoms with E-state index >= 15 is 0 Å². The summed E-state index contributed by atoms with van der Waals surface area (Å²) in [5.74, 6) is 0.308. The van der Waals surface area contributed by atoms with E-state index < -0.39 is 0 Å². The Labute approximate surface area is 191 Å². The zero-order valence-corrected chi connectivity index (χ0v) is 19.6. The van der Waals surface area contributed by atoms with Gasteiger partial charge in [0, 0.05) is 10.6 Å². The molecule has 0 radical (unpaired) electrons. The third-order valence-electron chi connectivity index (χ3n) is 5.51. The summed E-state index contributed by atoms with van der Waals surface area (Å²) in [4.78, 5) is 31.4. The molecule has 0 aliphatic carbocycles. The molecular weight excluding hydrogens is 418 g/mol. The fraction of sp³-hybridized carbons (Fsp3) is 0.269. The largest absolute Gasteiger partial charge is 0.324 e. The van der Waals surface area contributed by atoms with E-state index in [-0.39, 0.29) is 29.8 Å². The molecule has 0 spiro atoms. The number of benzene rings is 2. The molecule has 2 heterocycles. The van der Waals surface area contributed by atoms with Crippen LogP contribution >= 0.6 is 11.3 Å². The number of hydrogen-bond acceptors (Lipinski definition) is 4. The van der Waals surface area contributed by atoms with Crippen LogP contribution in [-0.2, 0) is 11.3 Å². The van der Waals surface area contributed by atoms with Gasteiger partial charge in [-0.05, 0) is 34.6 Å². The summed E-state index contributed by atoms with van der Waals surface area (Å²) in [6, 6.07) is 18.0. The first-order valence-corrected chi connectivity index (χ1v) is 11.6. The molecule has 6 heteroatoms. The van der Waals surface area contributed by atoms with E-state index in [1.807, 2.05) is 54.6 Å². The van der Waals surface area contributed by atoms with E-state index in [1.165, 1.54) is 22.2 Å². The highest BCUT2D eigenvalue weighted by Gasteiger charge is 2.17. The zero-order valence-electron chi connectivity index (χ0n) is 18.8. The van der Waals surface area contributed by atoms with Crippen LogP contribution in [0.4, 0.5) is 5.69 Å². The van der Waals surface area contributed by atoms with E-state index in [4.69, 9.17) is 0 Å². The number of nitrogens with zero attached hydrogens (tertiary/aromatic N) is 2. The number of nitrogens with one attached hydrogen (secondary N) is 1. The molecule has 0 unspecified atom stereocenters. The van der Waals surface area contributed by atoms with Crippen LogP contribution in [0.15, 0.2) is 65.7 Å². The smallest absolute Gasteiger partial charge is 0.271 e. The maximum Gasteiger partial charge on any atom is 0.271 e. The molecule has 0 atom stereocenters. The van der Waals surface area contributed by atoms with Crippen LogP contribution in [0.3, 0.4) is 0 Å². The number of anilines is 1. The Bertz CT molecular complexity index is 1290. The summed E-state index contributed by atoms with van der Waals surface area (Å²) in [5, 5.41) is 3.07. The summed E-state index contributed by atoms with van der Waals surface area (Å²) in [6.07, 6.45) is 1.46. The predicted octanol–water partition coefficient (Wildman–Crippen LogP) is 6.01. The predicted molar refractivity (Wildman–Crippen MR) is 133 cm³/mol. The van der Waals surface area contributed by atoms with Gasteiger partial charge in [0.1, 0.15) is 11.2 Å². The molecule has 0 fully saturated rings. The van der Waals surface area contributed by atoms with Gasteiger partial charge in [-0.15, -0.1) is 11.3 Å². The summed E-state index contributed by atoms with van der Waals surface area (Å²) < 4.78 is 1.94. The summed E-state index contributed by atoms with van der Waals surface area (Å²) in [6.45, 7) is 8.36. The average Bonchev–Trinajstić information content (AvgIpc) is 3.21. The minimum absolute atomic E-state index is 0.0791. The van der Waals surface area contributed by atoms with Crippen molar-refractivity contribution in [1.29, 1.82) is 0 Å². The normalized spacial score (nSPS) is 11.4. The number of amides is 1. The number of fused-ring (bicyclic) bond motifs is 1. The first-order valence-electron chi connectivity index (χ1n) is 10.8. The third-order valence-corrected chi connectivity index (χ3v) is 6.67. The van der Waals surface area contributed by atoms with Crippen molar-refractivity contribution in [2.24, 2.45) is 0 Å². The molecule has 4 rings (SSSR count). The number of rotatable bonds is 6. The van der Waals surface area contributed by atoms with E-state index in [0.717, 1.165) is 27.3 Å². The lowest BCUT2D eigenvalue weighted by atomic mass is 9.92. The number of aromatic nitrogens is 2. The maximum atomic E-state index is 13.1. The third kappa shape index (κ3) is 4.36. The fourth-order valence-electron chi connectivity index (χ4n) is 3.83. The van der Waals surface area contributed by atoms with Crippen molar-refractivity contribution in [3.05, 3.63) is 82.4 Å². The maximum absolute atomic E-state index is 13.1. The van der Waals surface area contributed by atoms with Crippen molar-refractivity contribution in [2.75, 3.05) is 5.32 Å². The molecule has 1 N–H and O–H groups in total. The highest BCUT2D eigenvalue weighted by Crippen LogP contribution is 2.33. The van der Waals surface area contributed by atoms with Crippen LogP contribution in [0, 0.1) is 0 Å². The van der Waals surface area contributed by atoms with Crippen LogP contribution in [0.1, 0.15) is 50.7 Å². The molecular formula is C26H27N3O2S. The fourth-order valence-corrected chi connectivity index (χ4v) is 4.90. The first kappa shape index (κ1) is 22.0. The van der Waals surface area contributed by atoms with Crippen LogP contribution < -0.4 is 10.9 Å². The first-order chi connectivity index (χ1) is 15.3. The van der Waals surface area contributed by atoms with E-state index in [9.17, 15) is 9.59 Å². The molecule has 2 aromatic heterocycles. The molecule has 0 aliphatic rings. The number of hydrogen-bond donors (Lipinski definition) is 1. The van der Waals surface area contributed by atoms with E-state index in [2.05, 4.69) is 38.0 Å². The van der Waals surface area contributed by atoms with Gasteiger partial charge in [0.25, 0.3) is 5.56 Å². The van der Waals surface area contributed by atoms with Gasteiger partial charge in [-0.2, -0.15) is 0 Å². The molecule has 0 saturated heterocycles. The van der Waals surface area contributed by atoms with Gasteiger partial charge in [-0.1, -0.05) is 76.2 Å². The van der Waals surface area contributed by atoms with Crippen molar-refractivity contribution in [3.8, 4) is 10.4 Å². The van der Waals surface area contributed by atoms with Gasteiger partial charge < -0.3 is 5.32 Å². The molecule has 2 aromatic carbocycles. The van der Waals surface area contributed by atoms with E-state index in [1.54, 1.807) is 0 Å². The Hall–Kier alpha value is -3.25. The van der Waals surface area contributed by atoms with Gasteiger partial charge in [-0.25, -0.2) is 4.98 Å². The highest BCUT2D eigenvalue weighted by molar-refractivity contribution is 7.22. The molecule has 0 bridgehead atoms. The molecule has 32 heavy (non-hydrogen) atoms. The molecule has 4 aromatic rings. The Balaban J connectivity index is 1.63. The number of thiophene rings is 1. The van der Waals surface area contributed by atoms with Crippen molar-refractivity contribution in [1.82, 2.24) is 9.55 Å². The van der Waals surface area contributed by atoms with Crippen LogP contribution in [-0.4, -0.2) is 15.5 Å². The quantitative estimate of drug-likeness (QED) is 0.395. The van der Waals surface area contributed by atoms with Gasteiger partial charge in [-0.3, -0.25) is 14.2 Å². The van der Waals surface area contributed by atoms with Gasteiger partial charge in [0.15, 0.2) is 0 Å². The molecule has 0 saturated carbocycles. The highest BCUT2D eigenvalue weighted by atomic mass is 32.1. The minimum atomic E-state index is -0.233. The van der Waals surface area contributed by atoms with Crippen LogP contribution in [0.2, 0.25) is 0 Å². The monoisotopic (exact) mass is 445 g/mol. The molecule has 5 nitrogen and oxygen atoms in total. The number of carbonyl (C=O) groups is 1. The lowest BCUT2D eigenvalue weighted by molar-refractivity contribution is -0.116. The lowest BCUT2D eigenvalue weighted by Gasteiger charge is -2.20. The van der Waals surface area contributed by atoms with Gasteiger partial charge in [0.2, 0.25) is 5.91 Å². The molecule has 0 aliphatic heterocycles. The number of para-hydroxylation sites is 1. The minimum Gasteiger partial charge on any atom is -0.324 e. The van der Waals surface area contributed by atoms with Crippen LogP contribution in [0.25, 0.3) is 20.7 Å². The Morgan fingerprint density at radius 2 is 1.66 bits per heavy atom. The Morgan fingerprint density at radius 3 is 2.28 bits per heavy atom. The second-order valence-corrected chi connectivity index (χ2v) is 9.59. The zero-order chi connectivity index (χ0) is 22.8.